The zero-order valence-corrected chi connectivity index (χ0v) is 19.4. The van der Waals surface area contributed by atoms with Crippen molar-refractivity contribution in [1.82, 2.24) is 0 Å². The predicted molar refractivity (Wildman–Crippen MR) is 111 cm³/mol. The van der Waals surface area contributed by atoms with Crippen LogP contribution in [0.4, 0.5) is 0 Å². The second kappa shape index (κ2) is 14.9. The Labute approximate surface area is 206 Å². The number of halogens is 2. The minimum atomic E-state index is -1.32. The minimum Gasteiger partial charge on any atom is -1.00 e. The average molecular weight is 468 g/mol. The molecule has 3 aromatic rings. The van der Waals surface area contributed by atoms with Crippen LogP contribution >= 0.6 is 0 Å². The number of allylic oxidation sites excluding steroid dienone is 4. The van der Waals surface area contributed by atoms with Crippen molar-refractivity contribution in [1.29, 1.82) is 0 Å². The molecule has 0 bridgehead atoms. The van der Waals surface area contributed by atoms with Gasteiger partial charge in [0.15, 0.2) is 5.60 Å². The van der Waals surface area contributed by atoms with Crippen molar-refractivity contribution in [3.05, 3.63) is 132 Å². The van der Waals surface area contributed by atoms with Crippen molar-refractivity contribution in [3.63, 3.8) is 0 Å². The molecular weight excluding hydrogens is 447 g/mol. The summed E-state index contributed by atoms with van der Waals surface area (Å²) in [7, 11) is 0. The predicted octanol–water partition coefficient (Wildman–Crippen LogP) is -0.715. The van der Waals surface area contributed by atoms with Gasteiger partial charge in [0.05, 0.1) is 0 Å². The van der Waals surface area contributed by atoms with Crippen LogP contribution in [-0.2, 0) is 27.3 Å². The molecule has 0 atom stereocenters. The molecule has 3 aromatic carbocycles. The Balaban J connectivity index is 0.000000928. The first-order chi connectivity index (χ1) is 13.3. The molecule has 30 heavy (non-hydrogen) atoms. The first kappa shape index (κ1) is 28.0. The first-order valence-corrected chi connectivity index (χ1v) is 8.92. The zero-order valence-electron chi connectivity index (χ0n) is 16.3. The Hall–Kier alpha value is -2.05. The quantitative estimate of drug-likeness (QED) is 0.300. The SMILES string of the molecule is OC(C#Cc1ccccc1)(c1ccccc1)c1ccccc1.[C-]1=CC=CC1.[Cl-].[Cl-].[Ti+3]. The van der Waals surface area contributed by atoms with Crippen LogP contribution < -0.4 is 24.8 Å². The topological polar surface area (TPSA) is 20.2 Å². The maximum absolute atomic E-state index is 11.2. The third-order valence-electron chi connectivity index (χ3n) is 4.13. The van der Waals surface area contributed by atoms with Crippen LogP contribution in [0.2, 0.25) is 0 Å². The van der Waals surface area contributed by atoms with Crippen LogP contribution in [0.5, 0.6) is 0 Å². The van der Waals surface area contributed by atoms with E-state index in [2.05, 4.69) is 24.0 Å². The van der Waals surface area contributed by atoms with Crippen molar-refractivity contribution in [3.8, 4) is 11.8 Å². The molecule has 0 saturated heterocycles. The molecule has 0 aromatic heterocycles. The molecule has 4 heteroatoms. The third-order valence-corrected chi connectivity index (χ3v) is 4.13. The third kappa shape index (κ3) is 8.00. The van der Waals surface area contributed by atoms with E-state index >= 15 is 0 Å². The van der Waals surface area contributed by atoms with Gasteiger partial charge in [0, 0.05) is 16.7 Å². The second-order valence-corrected chi connectivity index (χ2v) is 6.06. The van der Waals surface area contributed by atoms with Crippen LogP contribution in [0.1, 0.15) is 23.1 Å². The van der Waals surface area contributed by atoms with Gasteiger partial charge in [-0.05, 0) is 12.1 Å². The Morgan fingerprint density at radius 3 is 1.57 bits per heavy atom. The van der Waals surface area contributed by atoms with Crippen molar-refractivity contribution in [2.75, 3.05) is 0 Å². The van der Waals surface area contributed by atoms with Gasteiger partial charge in [-0.15, -0.1) is 6.42 Å². The Morgan fingerprint density at radius 2 is 1.20 bits per heavy atom. The number of benzene rings is 3. The maximum atomic E-state index is 11.2. The molecule has 0 spiro atoms. The van der Waals surface area contributed by atoms with E-state index in [1.807, 2.05) is 103 Å². The Kier molecular flexibility index (Phi) is 13.8. The molecule has 149 valence electrons. The van der Waals surface area contributed by atoms with Gasteiger partial charge in [-0.2, -0.15) is 6.08 Å². The molecule has 1 aliphatic carbocycles. The van der Waals surface area contributed by atoms with E-state index in [1.165, 1.54) is 0 Å². The van der Waals surface area contributed by atoms with E-state index in [9.17, 15) is 5.11 Å². The van der Waals surface area contributed by atoms with E-state index in [1.54, 1.807) is 0 Å². The fourth-order valence-corrected chi connectivity index (χ4v) is 2.69. The fourth-order valence-electron chi connectivity index (χ4n) is 2.69. The van der Waals surface area contributed by atoms with Crippen molar-refractivity contribution < 1.29 is 51.6 Å². The van der Waals surface area contributed by atoms with Crippen LogP contribution in [0, 0.1) is 17.9 Å². The summed E-state index contributed by atoms with van der Waals surface area (Å²) in [6.07, 6.45) is 10.0. The summed E-state index contributed by atoms with van der Waals surface area (Å²) in [5.74, 6) is 6.13. The zero-order chi connectivity index (χ0) is 18.8. The summed E-state index contributed by atoms with van der Waals surface area (Å²) < 4.78 is 0. The molecular formula is C26H21Cl2OTi. The van der Waals surface area contributed by atoms with E-state index in [4.69, 9.17) is 0 Å². The molecule has 0 saturated carbocycles. The summed E-state index contributed by atoms with van der Waals surface area (Å²) >= 11 is 0. The van der Waals surface area contributed by atoms with E-state index in [0.717, 1.165) is 23.1 Å². The molecule has 1 nitrogen and oxygen atoms in total. The molecule has 0 fully saturated rings. The standard InChI is InChI=1S/C21H16O.C5H5.2ClH.Ti/c22-21(19-12-6-2-7-13-19,20-14-8-3-9-15-20)17-16-18-10-4-1-5-11-18;1-2-4-5-3-1;;;/h1-15,22H;1-3H,4H2;2*1H;/q;-1;;;+3/p-2. The molecule has 0 aliphatic heterocycles. The molecule has 1 N–H and O–H groups in total. The second-order valence-electron chi connectivity index (χ2n) is 6.06. The van der Waals surface area contributed by atoms with Crippen molar-refractivity contribution >= 4 is 0 Å². The van der Waals surface area contributed by atoms with Crippen LogP contribution in [0.15, 0.2) is 109 Å². The monoisotopic (exact) mass is 467 g/mol. The van der Waals surface area contributed by atoms with Crippen LogP contribution in [0.3, 0.4) is 0 Å². The van der Waals surface area contributed by atoms with Gasteiger partial charge < -0.3 is 29.9 Å². The smallest absolute Gasteiger partial charge is 1.00 e. The summed E-state index contributed by atoms with van der Waals surface area (Å²) in [6.45, 7) is 0. The summed E-state index contributed by atoms with van der Waals surface area (Å²) in [5, 5.41) is 11.2. The van der Waals surface area contributed by atoms with Gasteiger partial charge in [0.1, 0.15) is 0 Å². The number of hydrogen-bond donors (Lipinski definition) is 1. The summed E-state index contributed by atoms with van der Waals surface area (Å²) in [4.78, 5) is 0. The average Bonchev–Trinajstić information content (AvgIpc) is 3.34. The minimum absolute atomic E-state index is 0. The summed E-state index contributed by atoms with van der Waals surface area (Å²) in [5.41, 5.74) is 1.10. The molecule has 4 rings (SSSR count). The molecule has 1 aliphatic rings. The van der Waals surface area contributed by atoms with Gasteiger partial charge in [-0.1, -0.05) is 90.7 Å². The largest absolute Gasteiger partial charge is 3.00 e. The van der Waals surface area contributed by atoms with E-state index < -0.39 is 5.60 Å². The molecule has 0 heterocycles. The van der Waals surface area contributed by atoms with Crippen molar-refractivity contribution in [2.45, 2.75) is 12.0 Å². The van der Waals surface area contributed by atoms with Gasteiger partial charge in [0.25, 0.3) is 0 Å². The molecule has 1 radical (unpaired) electrons. The van der Waals surface area contributed by atoms with E-state index in [0.29, 0.717) is 0 Å². The molecule has 0 unspecified atom stereocenters. The summed E-state index contributed by atoms with van der Waals surface area (Å²) in [6, 6.07) is 28.8. The number of hydrogen-bond acceptors (Lipinski definition) is 1. The normalized spacial score (nSPS) is 10.7. The Bertz CT molecular complexity index is 910. The van der Waals surface area contributed by atoms with Crippen LogP contribution in [0.25, 0.3) is 0 Å². The Morgan fingerprint density at radius 1 is 0.733 bits per heavy atom. The van der Waals surface area contributed by atoms with Gasteiger partial charge >= 0.3 is 21.7 Å². The van der Waals surface area contributed by atoms with Gasteiger partial charge in [-0.25, -0.2) is 12.2 Å². The number of rotatable bonds is 2. The number of aliphatic hydroxyl groups is 1. The molecule has 0 amide bonds. The van der Waals surface area contributed by atoms with Gasteiger partial charge in [-0.3, -0.25) is 6.08 Å². The van der Waals surface area contributed by atoms with Crippen molar-refractivity contribution in [2.24, 2.45) is 0 Å². The van der Waals surface area contributed by atoms with Gasteiger partial charge in [0.2, 0.25) is 0 Å². The maximum Gasteiger partial charge on any atom is 3.00 e. The fraction of sp³-hybridized carbons (Fsp3) is 0.0769. The first-order valence-electron chi connectivity index (χ1n) is 8.92. The van der Waals surface area contributed by atoms with Crippen LogP contribution in [-0.4, -0.2) is 5.11 Å². The van der Waals surface area contributed by atoms with E-state index in [-0.39, 0.29) is 46.5 Å².